The minimum absolute atomic E-state index is 0.183. The summed E-state index contributed by atoms with van der Waals surface area (Å²) in [7, 11) is 0. The molecule has 20 heavy (non-hydrogen) atoms. The van der Waals surface area contributed by atoms with Crippen LogP contribution in [0.2, 0.25) is 0 Å². The maximum absolute atomic E-state index is 10.8. The quantitative estimate of drug-likeness (QED) is 0.864. The second-order valence-electron chi connectivity index (χ2n) is 5.95. The Morgan fingerprint density at radius 2 is 2.00 bits per heavy atom. The van der Waals surface area contributed by atoms with Gasteiger partial charge < -0.3 is 5.32 Å². The van der Waals surface area contributed by atoms with Crippen LogP contribution in [0.5, 0.6) is 0 Å². The van der Waals surface area contributed by atoms with E-state index in [-0.39, 0.29) is 5.41 Å². The number of nitrogens with zero attached hydrogens (tertiary/aromatic N) is 2. The second kappa shape index (κ2) is 5.82. The first-order chi connectivity index (χ1) is 9.48. The van der Waals surface area contributed by atoms with Crippen LogP contribution >= 0.6 is 0 Å². The van der Waals surface area contributed by atoms with Gasteiger partial charge in [0.1, 0.15) is 18.4 Å². The zero-order valence-electron chi connectivity index (χ0n) is 12.1. The van der Waals surface area contributed by atoms with Gasteiger partial charge in [0.25, 0.3) is 0 Å². The monoisotopic (exact) mass is 269 g/mol. The first kappa shape index (κ1) is 14.2. The number of aldehydes is 1. The molecule has 0 unspecified atom stereocenters. The summed E-state index contributed by atoms with van der Waals surface area (Å²) in [5.74, 6) is 0.793. The van der Waals surface area contributed by atoms with E-state index in [9.17, 15) is 4.79 Å². The van der Waals surface area contributed by atoms with E-state index in [1.165, 1.54) is 6.33 Å². The average molecular weight is 269 g/mol. The molecule has 0 saturated carbocycles. The lowest BCUT2D eigenvalue weighted by Gasteiger charge is -2.19. The molecule has 0 fully saturated rings. The van der Waals surface area contributed by atoms with Crippen molar-refractivity contribution in [3.8, 4) is 11.3 Å². The van der Waals surface area contributed by atoms with E-state index in [2.05, 4.69) is 36.1 Å². The summed E-state index contributed by atoms with van der Waals surface area (Å²) in [6.45, 7) is 7.32. The van der Waals surface area contributed by atoms with Gasteiger partial charge in [-0.2, -0.15) is 0 Å². The van der Waals surface area contributed by atoms with Gasteiger partial charge in [0.15, 0.2) is 0 Å². The van der Waals surface area contributed by atoms with E-state index >= 15 is 0 Å². The third-order valence-electron chi connectivity index (χ3n) is 2.79. The Morgan fingerprint density at radius 1 is 1.20 bits per heavy atom. The third kappa shape index (κ3) is 3.88. The van der Waals surface area contributed by atoms with Crippen LogP contribution in [-0.2, 0) is 0 Å². The van der Waals surface area contributed by atoms with Gasteiger partial charge >= 0.3 is 0 Å². The van der Waals surface area contributed by atoms with Crippen molar-refractivity contribution < 1.29 is 4.79 Å². The lowest BCUT2D eigenvalue weighted by Crippen LogP contribution is -2.19. The number of hydrogen-bond acceptors (Lipinski definition) is 4. The molecule has 4 heteroatoms. The zero-order chi connectivity index (χ0) is 14.6. The molecule has 0 saturated heterocycles. The van der Waals surface area contributed by atoms with Crippen LogP contribution in [0.1, 0.15) is 31.1 Å². The molecule has 1 aromatic heterocycles. The molecule has 1 N–H and O–H groups in total. The fraction of sp³-hybridized carbons (Fsp3) is 0.312. The maximum Gasteiger partial charge on any atom is 0.150 e. The molecule has 104 valence electrons. The molecule has 0 aliphatic rings. The number of aromatic nitrogens is 2. The zero-order valence-corrected chi connectivity index (χ0v) is 12.1. The van der Waals surface area contributed by atoms with Gasteiger partial charge in [-0.15, -0.1) is 0 Å². The summed E-state index contributed by atoms with van der Waals surface area (Å²) < 4.78 is 0. The van der Waals surface area contributed by atoms with Crippen LogP contribution in [0.3, 0.4) is 0 Å². The SMILES string of the molecule is CC(C)(C)CNc1cc(-c2cccc(C=O)c2)ncn1. The van der Waals surface area contributed by atoms with Crippen LogP contribution in [0, 0.1) is 5.41 Å². The Labute approximate surface area is 119 Å². The van der Waals surface area contributed by atoms with Crippen LogP contribution in [0.15, 0.2) is 36.7 Å². The highest BCUT2D eigenvalue weighted by Gasteiger charge is 2.10. The molecule has 0 spiro atoms. The van der Waals surface area contributed by atoms with E-state index in [0.717, 1.165) is 29.9 Å². The largest absolute Gasteiger partial charge is 0.369 e. The molecule has 0 radical (unpaired) electrons. The fourth-order valence-electron chi connectivity index (χ4n) is 1.74. The molecule has 2 aromatic rings. The van der Waals surface area contributed by atoms with Crippen LogP contribution in [0.25, 0.3) is 11.3 Å². The van der Waals surface area contributed by atoms with Crippen molar-refractivity contribution in [2.75, 3.05) is 11.9 Å². The summed E-state index contributed by atoms with van der Waals surface area (Å²) >= 11 is 0. The second-order valence-corrected chi connectivity index (χ2v) is 5.95. The molecule has 0 amide bonds. The van der Waals surface area contributed by atoms with Gasteiger partial charge in [0.2, 0.25) is 0 Å². The van der Waals surface area contributed by atoms with Gasteiger partial charge in [-0.25, -0.2) is 9.97 Å². The molecule has 0 bridgehead atoms. The summed E-state index contributed by atoms with van der Waals surface area (Å²) in [4.78, 5) is 19.3. The van der Waals surface area contributed by atoms with E-state index in [0.29, 0.717) is 5.56 Å². The standard InChI is InChI=1S/C16H19N3O/c1-16(2,3)10-17-15-8-14(18-11-19-15)13-6-4-5-12(7-13)9-20/h4-9,11H,10H2,1-3H3,(H,17,18,19). The summed E-state index contributed by atoms with van der Waals surface area (Å²) in [5.41, 5.74) is 2.55. The number of nitrogens with one attached hydrogen (secondary N) is 1. The lowest BCUT2D eigenvalue weighted by atomic mass is 9.97. The molecule has 4 nitrogen and oxygen atoms in total. The van der Waals surface area contributed by atoms with Gasteiger partial charge in [-0.1, -0.05) is 39.0 Å². The number of carbonyl (C=O) groups excluding carboxylic acids is 1. The van der Waals surface area contributed by atoms with E-state index in [1.54, 1.807) is 6.07 Å². The highest BCUT2D eigenvalue weighted by atomic mass is 16.1. The maximum atomic E-state index is 10.8. The van der Waals surface area contributed by atoms with Crippen molar-refractivity contribution in [2.45, 2.75) is 20.8 Å². The minimum Gasteiger partial charge on any atom is -0.369 e. The first-order valence-electron chi connectivity index (χ1n) is 6.59. The smallest absolute Gasteiger partial charge is 0.150 e. The number of benzene rings is 1. The number of carbonyl (C=O) groups is 1. The van der Waals surface area contributed by atoms with Crippen molar-refractivity contribution in [3.63, 3.8) is 0 Å². The normalized spacial score (nSPS) is 11.2. The molecule has 0 aliphatic heterocycles. The van der Waals surface area contributed by atoms with Gasteiger partial charge in [-0.3, -0.25) is 4.79 Å². The molecule has 1 aromatic carbocycles. The number of hydrogen-bond donors (Lipinski definition) is 1. The highest BCUT2D eigenvalue weighted by molar-refractivity contribution is 5.78. The molecular weight excluding hydrogens is 250 g/mol. The van der Waals surface area contributed by atoms with Crippen LogP contribution in [-0.4, -0.2) is 22.8 Å². The molecule has 0 aliphatic carbocycles. The molecule has 0 atom stereocenters. The highest BCUT2D eigenvalue weighted by Crippen LogP contribution is 2.20. The third-order valence-corrected chi connectivity index (χ3v) is 2.79. The molecule has 1 heterocycles. The molecule has 2 rings (SSSR count). The average Bonchev–Trinajstić information content (AvgIpc) is 2.45. The topological polar surface area (TPSA) is 54.9 Å². The van der Waals surface area contributed by atoms with Gasteiger partial charge in [0.05, 0.1) is 5.69 Å². The van der Waals surface area contributed by atoms with Crippen molar-refractivity contribution >= 4 is 12.1 Å². The van der Waals surface area contributed by atoms with Gasteiger partial charge in [-0.05, 0) is 11.5 Å². The minimum atomic E-state index is 0.183. The van der Waals surface area contributed by atoms with E-state index < -0.39 is 0 Å². The Kier molecular flexibility index (Phi) is 4.13. The van der Waals surface area contributed by atoms with Crippen LogP contribution < -0.4 is 5.32 Å². The van der Waals surface area contributed by atoms with Crippen molar-refractivity contribution in [1.29, 1.82) is 0 Å². The predicted octanol–water partition coefficient (Wildman–Crippen LogP) is 3.41. The van der Waals surface area contributed by atoms with Gasteiger partial charge in [0, 0.05) is 23.7 Å². The Bertz CT molecular complexity index is 603. The number of anilines is 1. The molecular formula is C16H19N3O. The van der Waals surface area contributed by atoms with Crippen molar-refractivity contribution in [3.05, 3.63) is 42.2 Å². The summed E-state index contributed by atoms with van der Waals surface area (Å²) in [6, 6.07) is 9.28. The summed E-state index contributed by atoms with van der Waals surface area (Å²) in [5, 5.41) is 3.30. The van der Waals surface area contributed by atoms with E-state index in [4.69, 9.17) is 0 Å². The first-order valence-corrected chi connectivity index (χ1v) is 6.59. The van der Waals surface area contributed by atoms with Crippen molar-refractivity contribution in [2.24, 2.45) is 5.41 Å². The summed E-state index contributed by atoms with van der Waals surface area (Å²) in [6.07, 6.45) is 2.37. The Hall–Kier alpha value is -2.23. The Morgan fingerprint density at radius 3 is 2.70 bits per heavy atom. The Balaban J connectivity index is 2.22. The van der Waals surface area contributed by atoms with Crippen LogP contribution in [0.4, 0.5) is 5.82 Å². The van der Waals surface area contributed by atoms with Crippen molar-refractivity contribution in [1.82, 2.24) is 9.97 Å². The fourth-order valence-corrected chi connectivity index (χ4v) is 1.74. The number of rotatable bonds is 4. The van der Waals surface area contributed by atoms with E-state index in [1.807, 2.05) is 24.3 Å². The predicted molar refractivity (Wildman–Crippen MR) is 80.8 cm³/mol. The lowest BCUT2D eigenvalue weighted by molar-refractivity contribution is 0.112.